The average Bonchev–Trinajstić information content (AvgIpc) is 2.79. The molecule has 7 nitrogen and oxygen atoms in total. The Balaban J connectivity index is 1.47. The minimum atomic E-state index is -3.75. The van der Waals surface area contributed by atoms with Crippen LogP contribution in [-0.4, -0.2) is 27.5 Å². The van der Waals surface area contributed by atoms with E-state index in [9.17, 15) is 13.2 Å². The number of ether oxygens (including phenoxy) is 2. The number of amides is 1. The lowest BCUT2D eigenvalue weighted by Crippen LogP contribution is -2.27. The van der Waals surface area contributed by atoms with E-state index in [0.29, 0.717) is 36.0 Å². The van der Waals surface area contributed by atoms with Crippen LogP contribution in [0.1, 0.15) is 34.5 Å². The third kappa shape index (κ3) is 4.86. The summed E-state index contributed by atoms with van der Waals surface area (Å²) in [5.41, 5.74) is 2.50. The molecule has 1 atom stereocenters. The van der Waals surface area contributed by atoms with E-state index in [0.717, 1.165) is 11.1 Å². The van der Waals surface area contributed by atoms with Gasteiger partial charge in [-0.3, -0.25) is 9.52 Å². The van der Waals surface area contributed by atoms with Crippen LogP contribution in [-0.2, 0) is 10.0 Å². The fraction of sp³-hybridized carbons (Fsp3) is 0.208. The van der Waals surface area contributed by atoms with Gasteiger partial charge in [-0.15, -0.1) is 0 Å². The highest BCUT2D eigenvalue weighted by Gasteiger charge is 2.18. The molecule has 166 valence electrons. The van der Waals surface area contributed by atoms with Gasteiger partial charge in [-0.1, -0.05) is 29.8 Å². The number of aryl methyl sites for hydroxylation is 1. The number of hydrogen-bond acceptors (Lipinski definition) is 5. The summed E-state index contributed by atoms with van der Waals surface area (Å²) in [4.78, 5) is 13.0. The van der Waals surface area contributed by atoms with E-state index < -0.39 is 10.0 Å². The third-order valence-corrected chi connectivity index (χ3v) is 6.52. The van der Waals surface area contributed by atoms with Gasteiger partial charge in [-0.25, -0.2) is 8.42 Å². The molecule has 1 unspecified atom stereocenters. The minimum Gasteiger partial charge on any atom is -0.486 e. The van der Waals surface area contributed by atoms with Crippen LogP contribution >= 0.6 is 0 Å². The Bertz CT molecular complexity index is 1240. The first-order valence-electron chi connectivity index (χ1n) is 10.2. The van der Waals surface area contributed by atoms with Crippen molar-refractivity contribution < 1.29 is 22.7 Å². The lowest BCUT2D eigenvalue weighted by Gasteiger charge is -2.21. The third-order valence-electron chi connectivity index (χ3n) is 5.12. The van der Waals surface area contributed by atoms with Gasteiger partial charge >= 0.3 is 0 Å². The van der Waals surface area contributed by atoms with E-state index in [2.05, 4.69) is 10.0 Å². The average molecular weight is 453 g/mol. The van der Waals surface area contributed by atoms with Crippen LogP contribution in [0.15, 0.2) is 71.6 Å². The molecule has 4 rings (SSSR count). The molecule has 0 radical (unpaired) electrons. The summed E-state index contributed by atoms with van der Waals surface area (Å²) in [6.45, 7) is 4.76. The first-order chi connectivity index (χ1) is 15.3. The second-order valence-electron chi connectivity index (χ2n) is 7.60. The highest BCUT2D eigenvalue weighted by Crippen LogP contribution is 2.32. The predicted molar refractivity (Wildman–Crippen MR) is 122 cm³/mol. The summed E-state index contributed by atoms with van der Waals surface area (Å²) in [6, 6.07) is 18.2. The van der Waals surface area contributed by atoms with Crippen LogP contribution in [0.5, 0.6) is 11.5 Å². The van der Waals surface area contributed by atoms with Crippen LogP contribution in [0.25, 0.3) is 0 Å². The van der Waals surface area contributed by atoms with E-state index >= 15 is 0 Å². The van der Waals surface area contributed by atoms with Crippen molar-refractivity contribution in [2.24, 2.45) is 0 Å². The highest BCUT2D eigenvalue weighted by molar-refractivity contribution is 7.92. The van der Waals surface area contributed by atoms with Gasteiger partial charge in [0.15, 0.2) is 11.5 Å². The number of anilines is 1. The molecule has 0 bridgehead atoms. The predicted octanol–water partition coefficient (Wildman–Crippen LogP) is 4.06. The smallest absolute Gasteiger partial charge is 0.261 e. The van der Waals surface area contributed by atoms with Gasteiger partial charge < -0.3 is 14.8 Å². The van der Waals surface area contributed by atoms with Crippen molar-refractivity contribution in [3.63, 3.8) is 0 Å². The van der Waals surface area contributed by atoms with Gasteiger partial charge in [-0.2, -0.15) is 0 Å². The number of hydrogen-bond donors (Lipinski definition) is 2. The second-order valence-corrected chi connectivity index (χ2v) is 9.28. The van der Waals surface area contributed by atoms with Crippen LogP contribution < -0.4 is 19.5 Å². The van der Waals surface area contributed by atoms with Gasteiger partial charge in [0.25, 0.3) is 15.9 Å². The number of sulfonamides is 1. The molecule has 1 aliphatic rings. The molecule has 0 aromatic heterocycles. The van der Waals surface area contributed by atoms with Crippen LogP contribution in [0.4, 0.5) is 5.69 Å². The zero-order chi connectivity index (χ0) is 22.7. The molecule has 0 saturated carbocycles. The molecule has 8 heteroatoms. The molecule has 0 spiro atoms. The number of fused-ring (bicyclic) bond motifs is 1. The quantitative estimate of drug-likeness (QED) is 0.588. The largest absolute Gasteiger partial charge is 0.486 e. The van der Waals surface area contributed by atoms with Gasteiger partial charge in [0.2, 0.25) is 0 Å². The van der Waals surface area contributed by atoms with Crippen LogP contribution in [0.3, 0.4) is 0 Å². The summed E-state index contributed by atoms with van der Waals surface area (Å²) in [5.74, 6) is 1.03. The number of nitrogens with one attached hydrogen (secondary N) is 2. The number of rotatable bonds is 6. The Morgan fingerprint density at radius 1 is 0.938 bits per heavy atom. The van der Waals surface area contributed by atoms with E-state index in [4.69, 9.17) is 9.47 Å². The number of carbonyl (C=O) groups is 1. The Morgan fingerprint density at radius 3 is 2.41 bits per heavy atom. The molecule has 0 fully saturated rings. The highest BCUT2D eigenvalue weighted by atomic mass is 32.2. The standard InChI is InChI=1S/C24H24N2O5S/c1-16-6-9-21(10-7-16)32(28,29)26-20-5-3-4-19(14-20)24(27)25-17(2)18-8-11-22-23(15-18)31-13-12-30-22/h3-11,14-15,17,26H,12-13H2,1-2H3,(H,25,27). The SMILES string of the molecule is Cc1ccc(S(=O)(=O)Nc2cccc(C(=O)NC(C)c3ccc4c(c3)OCCO4)c2)cc1. The topological polar surface area (TPSA) is 93.7 Å². The van der Waals surface area contributed by atoms with Crippen LogP contribution in [0.2, 0.25) is 0 Å². The summed E-state index contributed by atoms with van der Waals surface area (Å²) >= 11 is 0. The monoisotopic (exact) mass is 452 g/mol. The van der Waals surface area contributed by atoms with Gasteiger partial charge in [0.1, 0.15) is 13.2 Å². The molecule has 32 heavy (non-hydrogen) atoms. The van der Waals surface area contributed by atoms with Crippen molar-refractivity contribution >= 4 is 21.6 Å². The first-order valence-corrected chi connectivity index (χ1v) is 11.7. The molecule has 2 N–H and O–H groups in total. The van der Waals surface area contributed by atoms with Gasteiger partial charge in [0, 0.05) is 11.3 Å². The lowest BCUT2D eigenvalue weighted by molar-refractivity contribution is 0.0939. The summed E-state index contributed by atoms with van der Waals surface area (Å²) < 4.78 is 38.9. The van der Waals surface area contributed by atoms with Crippen molar-refractivity contribution in [3.8, 4) is 11.5 Å². The first kappa shape index (κ1) is 21.7. The molecule has 1 heterocycles. The lowest BCUT2D eigenvalue weighted by atomic mass is 10.1. The Labute approximate surface area is 187 Å². The fourth-order valence-corrected chi connectivity index (χ4v) is 4.40. The molecule has 0 aliphatic carbocycles. The molecule has 3 aromatic carbocycles. The van der Waals surface area contributed by atoms with Crippen molar-refractivity contribution in [2.45, 2.75) is 24.8 Å². The summed E-state index contributed by atoms with van der Waals surface area (Å²) in [5, 5.41) is 2.93. The Kier molecular flexibility index (Phi) is 6.05. The molecule has 1 amide bonds. The summed E-state index contributed by atoms with van der Waals surface area (Å²) in [6.07, 6.45) is 0. The molecular formula is C24H24N2O5S. The van der Waals surface area contributed by atoms with Crippen molar-refractivity contribution in [1.29, 1.82) is 0 Å². The molecule has 1 aliphatic heterocycles. The molecule has 0 saturated heterocycles. The number of carbonyl (C=O) groups excluding carboxylic acids is 1. The van der Waals surface area contributed by atoms with Crippen molar-refractivity contribution in [3.05, 3.63) is 83.4 Å². The minimum absolute atomic E-state index is 0.158. The maximum absolute atomic E-state index is 12.8. The van der Waals surface area contributed by atoms with Crippen molar-refractivity contribution in [1.82, 2.24) is 5.32 Å². The van der Waals surface area contributed by atoms with Gasteiger partial charge in [-0.05, 0) is 61.9 Å². The summed E-state index contributed by atoms with van der Waals surface area (Å²) in [7, 11) is -3.75. The van der Waals surface area contributed by atoms with E-state index in [1.54, 1.807) is 42.5 Å². The molecule has 3 aromatic rings. The molecular weight excluding hydrogens is 428 g/mol. The van der Waals surface area contributed by atoms with E-state index in [1.165, 1.54) is 6.07 Å². The second kappa shape index (κ2) is 8.92. The Hall–Kier alpha value is -3.52. The zero-order valence-electron chi connectivity index (χ0n) is 17.8. The van der Waals surface area contributed by atoms with E-state index in [-0.39, 0.29) is 16.8 Å². The normalized spacial score (nSPS) is 13.8. The van der Waals surface area contributed by atoms with Crippen LogP contribution in [0, 0.1) is 6.92 Å². The maximum atomic E-state index is 12.8. The zero-order valence-corrected chi connectivity index (χ0v) is 18.6. The number of benzene rings is 3. The van der Waals surface area contributed by atoms with Gasteiger partial charge in [0.05, 0.1) is 10.9 Å². The van der Waals surface area contributed by atoms with E-state index in [1.807, 2.05) is 32.0 Å². The maximum Gasteiger partial charge on any atom is 0.261 e. The Morgan fingerprint density at radius 2 is 1.66 bits per heavy atom. The fourth-order valence-electron chi connectivity index (χ4n) is 3.35. The van der Waals surface area contributed by atoms with Crippen molar-refractivity contribution in [2.75, 3.05) is 17.9 Å².